The van der Waals surface area contributed by atoms with Gasteiger partial charge in [-0.25, -0.2) is 9.98 Å². The van der Waals surface area contributed by atoms with Crippen molar-refractivity contribution in [2.75, 3.05) is 7.05 Å². The zero-order valence-electron chi connectivity index (χ0n) is 19.8. The summed E-state index contributed by atoms with van der Waals surface area (Å²) in [7, 11) is 2.06. The first-order chi connectivity index (χ1) is 14.9. The highest BCUT2D eigenvalue weighted by Gasteiger charge is 2.13. The third-order valence-electron chi connectivity index (χ3n) is 6.39. The lowest BCUT2D eigenvalue weighted by Gasteiger charge is -2.17. The van der Waals surface area contributed by atoms with Gasteiger partial charge in [0.15, 0.2) is 0 Å². The molecule has 0 saturated carbocycles. The van der Waals surface area contributed by atoms with E-state index in [1.54, 1.807) is 11.3 Å². The van der Waals surface area contributed by atoms with Crippen molar-refractivity contribution in [3.63, 3.8) is 0 Å². The van der Waals surface area contributed by atoms with Crippen LogP contribution in [-0.2, 0) is 19.3 Å². The third-order valence-corrected chi connectivity index (χ3v) is 7.23. The maximum absolute atomic E-state index is 4.98. The smallest absolute Gasteiger partial charge is 0.0976 e. The van der Waals surface area contributed by atoms with E-state index in [2.05, 4.69) is 75.4 Å². The summed E-state index contributed by atoms with van der Waals surface area (Å²) in [5.41, 5.74) is 10.3. The van der Waals surface area contributed by atoms with Gasteiger partial charge in [-0.2, -0.15) is 0 Å². The normalized spacial score (nSPS) is 13.3. The van der Waals surface area contributed by atoms with Crippen molar-refractivity contribution in [2.24, 2.45) is 4.99 Å². The molecule has 0 atom stereocenters. The minimum atomic E-state index is 0. The monoisotopic (exact) mass is 467 g/mol. The second-order valence-corrected chi connectivity index (χ2v) is 10.0. The first-order valence-electron chi connectivity index (χ1n) is 11.3. The lowest BCUT2D eigenvalue weighted by Crippen LogP contribution is -2.24. The van der Waals surface area contributed by atoms with Crippen LogP contribution in [0.25, 0.3) is 11.3 Å². The van der Waals surface area contributed by atoms with Crippen LogP contribution in [0.4, 0.5) is 5.69 Å². The number of benzene rings is 2. The molecule has 3 nitrogen and oxygen atoms in total. The fraction of sp³-hybridized carbons (Fsp3) is 0.407. The minimum Gasteiger partial charge on any atom is -0.363 e. The zero-order valence-corrected chi connectivity index (χ0v) is 21.4. The van der Waals surface area contributed by atoms with Crippen LogP contribution >= 0.6 is 23.7 Å². The highest BCUT2D eigenvalue weighted by molar-refractivity contribution is 7.10. The van der Waals surface area contributed by atoms with E-state index in [9.17, 15) is 0 Å². The molecule has 4 rings (SSSR count). The van der Waals surface area contributed by atoms with Gasteiger partial charge >= 0.3 is 0 Å². The second-order valence-electron chi connectivity index (χ2n) is 9.06. The molecule has 0 amide bonds. The molecule has 2 aromatic carbocycles. The number of hydrogen-bond donors (Lipinski definition) is 0. The summed E-state index contributed by atoms with van der Waals surface area (Å²) in [5.74, 6) is 0. The van der Waals surface area contributed by atoms with E-state index in [1.165, 1.54) is 64.1 Å². The van der Waals surface area contributed by atoms with Crippen molar-refractivity contribution < 1.29 is 0 Å². The van der Waals surface area contributed by atoms with Gasteiger partial charge in [0, 0.05) is 30.5 Å². The van der Waals surface area contributed by atoms with Crippen LogP contribution in [0.1, 0.15) is 59.5 Å². The van der Waals surface area contributed by atoms with Crippen LogP contribution in [0.15, 0.2) is 40.7 Å². The molecule has 0 unspecified atom stereocenters. The van der Waals surface area contributed by atoms with Crippen LogP contribution in [0.2, 0.25) is 0 Å². The predicted molar refractivity (Wildman–Crippen MR) is 141 cm³/mol. The fourth-order valence-electron chi connectivity index (χ4n) is 4.06. The average Bonchev–Trinajstić information content (AvgIpc) is 3.23. The van der Waals surface area contributed by atoms with E-state index in [1.807, 2.05) is 6.34 Å². The molecule has 0 bridgehead atoms. The summed E-state index contributed by atoms with van der Waals surface area (Å²) in [6.07, 6.45) is 7.87. The molecule has 1 aliphatic rings. The maximum Gasteiger partial charge on any atom is 0.0976 e. The Morgan fingerprint density at radius 3 is 2.56 bits per heavy atom. The number of thiazole rings is 1. The molecule has 1 aliphatic carbocycles. The summed E-state index contributed by atoms with van der Waals surface area (Å²) in [6, 6.07) is 11.8. The standard InChI is InChI=1S/C27H33N3S.ClH/c1-18(2)30(5)17-28-25-13-19(3)24(12-20(25)4)15-27-29-26(16-31-27)23-11-10-21-8-6-7-9-22(21)14-23;/h10-14,16-18H,6-9,15H2,1-5H3;1H. The molecule has 0 saturated heterocycles. The van der Waals surface area contributed by atoms with Crippen LogP contribution in [0, 0.1) is 13.8 Å². The molecule has 0 fully saturated rings. The van der Waals surface area contributed by atoms with Crippen molar-refractivity contribution in [2.45, 2.75) is 65.8 Å². The summed E-state index contributed by atoms with van der Waals surface area (Å²) >= 11 is 1.77. The topological polar surface area (TPSA) is 28.5 Å². The molecule has 3 aromatic rings. The number of nitrogens with zero attached hydrogens (tertiary/aromatic N) is 3. The lowest BCUT2D eigenvalue weighted by atomic mass is 9.90. The summed E-state index contributed by atoms with van der Waals surface area (Å²) in [4.78, 5) is 11.8. The fourth-order valence-corrected chi connectivity index (χ4v) is 4.88. The lowest BCUT2D eigenvalue weighted by molar-refractivity contribution is 0.429. The van der Waals surface area contributed by atoms with Gasteiger partial charge in [-0.1, -0.05) is 18.2 Å². The minimum absolute atomic E-state index is 0. The largest absolute Gasteiger partial charge is 0.363 e. The number of halogens is 1. The Balaban J connectivity index is 0.00000289. The van der Waals surface area contributed by atoms with Gasteiger partial charge in [0.05, 0.1) is 22.7 Å². The van der Waals surface area contributed by atoms with Gasteiger partial charge in [0.25, 0.3) is 0 Å². The number of rotatable bonds is 6. The zero-order chi connectivity index (χ0) is 22.0. The third kappa shape index (κ3) is 5.60. The van der Waals surface area contributed by atoms with E-state index in [-0.39, 0.29) is 12.4 Å². The molecular formula is C27H34ClN3S. The van der Waals surface area contributed by atoms with Crippen molar-refractivity contribution in [3.8, 4) is 11.3 Å². The Labute approximate surface area is 203 Å². The van der Waals surface area contributed by atoms with Gasteiger partial charge < -0.3 is 4.90 Å². The van der Waals surface area contributed by atoms with E-state index in [0.29, 0.717) is 6.04 Å². The van der Waals surface area contributed by atoms with Crippen molar-refractivity contribution in [3.05, 3.63) is 68.5 Å². The van der Waals surface area contributed by atoms with Crippen LogP contribution < -0.4 is 0 Å². The van der Waals surface area contributed by atoms with E-state index in [0.717, 1.165) is 17.8 Å². The number of aliphatic imine (C=N–C) groups is 1. The molecule has 32 heavy (non-hydrogen) atoms. The Bertz CT molecular complexity index is 1100. The average molecular weight is 468 g/mol. The van der Waals surface area contributed by atoms with E-state index < -0.39 is 0 Å². The summed E-state index contributed by atoms with van der Waals surface area (Å²) in [5, 5.41) is 3.38. The molecule has 1 aromatic heterocycles. The summed E-state index contributed by atoms with van der Waals surface area (Å²) in [6.45, 7) is 8.66. The Kier molecular flexibility index (Phi) is 8.13. The van der Waals surface area contributed by atoms with E-state index in [4.69, 9.17) is 9.98 Å². The Morgan fingerprint density at radius 1 is 1.06 bits per heavy atom. The van der Waals surface area contributed by atoms with E-state index >= 15 is 0 Å². The highest BCUT2D eigenvalue weighted by atomic mass is 35.5. The molecular weight excluding hydrogens is 434 g/mol. The number of aryl methyl sites for hydroxylation is 4. The highest BCUT2D eigenvalue weighted by Crippen LogP contribution is 2.30. The van der Waals surface area contributed by atoms with Crippen LogP contribution in [0.5, 0.6) is 0 Å². The van der Waals surface area contributed by atoms with Crippen molar-refractivity contribution in [1.82, 2.24) is 9.88 Å². The Hall–Kier alpha value is -2.17. The molecule has 0 N–H and O–H groups in total. The molecule has 0 radical (unpaired) electrons. The Morgan fingerprint density at radius 2 is 1.81 bits per heavy atom. The van der Waals surface area contributed by atoms with Gasteiger partial charge in [0.2, 0.25) is 0 Å². The van der Waals surface area contributed by atoms with Gasteiger partial charge in [-0.3, -0.25) is 0 Å². The van der Waals surface area contributed by atoms with Gasteiger partial charge in [-0.15, -0.1) is 23.7 Å². The number of fused-ring (bicyclic) bond motifs is 1. The SMILES string of the molecule is Cc1cc(N=CN(C)C(C)C)c(C)cc1Cc1nc(-c2ccc3c(c2)CCCC3)cs1.Cl. The molecule has 1 heterocycles. The first-order valence-corrected chi connectivity index (χ1v) is 12.2. The molecule has 5 heteroatoms. The predicted octanol–water partition coefficient (Wildman–Crippen LogP) is 7.32. The first kappa shape index (κ1) is 24.5. The van der Waals surface area contributed by atoms with Crippen molar-refractivity contribution in [1.29, 1.82) is 0 Å². The van der Waals surface area contributed by atoms with Gasteiger partial charge in [-0.05, 0) is 93.3 Å². The quantitative estimate of drug-likeness (QED) is 0.280. The summed E-state index contributed by atoms with van der Waals surface area (Å²) < 4.78 is 0. The van der Waals surface area contributed by atoms with Gasteiger partial charge in [0.1, 0.15) is 0 Å². The number of aromatic nitrogens is 1. The molecule has 0 aliphatic heterocycles. The van der Waals surface area contributed by atoms with Crippen molar-refractivity contribution >= 4 is 35.8 Å². The van der Waals surface area contributed by atoms with Crippen LogP contribution in [-0.4, -0.2) is 29.3 Å². The maximum atomic E-state index is 4.98. The molecule has 0 spiro atoms. The molecule has 170 valence electrons. The van der Waals surface area contributed by atoms with Crippen LogP contribution in [0.3, 0.4) is 0 Å². The second kappa shape index (κ2) is 10.6. The number of hydrogen-bond acceptors (Lipinski definition) is 3.